The number of rotatable bonds is 7. The highest BCUT2D eigenvalue weighted by atomic mass is 32.2. The molecule has 10 nitrogen and oxygen atoms in total. The molecule has 2 saturated heterocycles. The monoisotopic (exact) mass is 444 g/mol. The van der Waals surface area contributed by atoms with E-state index in [1.54, 1.807) is 44.2 Å². The summed E-state index contributed by atoms with van der Waals surface area (Å²) < 4.78 is 56.5. The Bertz CT molecular complexity index is 882. The molecule has 0 spiro atoms. The summed E-state index contributed by atoms with van der Waals surface area (Å²) in [6.45, 7) is 4.07. The first-order valence-electron chi connectivity index (χ1n) is 9.24. The van der Waals surface area contributed by atoms with Crippen LogP contribution >= 0.6 is 0 Å². The molecule has 1 aromatic carbocycles. The van der Waals surface area contributed by atoms with Crippen LogP contribution in [-0.2, 0) is 42.8 Å². The summed E-state index contributed by atoms with van der Waals surface area (Å²) in [4.78, 5) is 23.9. The number of carbonyl (C=O) groups excluding carboxylic acids is 2. The Hall–Kier alpha value is -2.05. The summed E-state index contributed by atoms with van der Waals surface area (Å²) in [6, 6.07) is 8.17. The van der Waals surface area contributed by atoms with E-state index in [-0.39, 0.29) is 5.56 Å². The van der Waals surface area contributed by atoms with Crippen LogP contribution in [0.25, 0.3) is 0 Å². The van der Waals surface area contributed by atoms with Crippen molar-refractivity contribution >= 4 is 22.1 Å². The smallest absolute Gasteiger partial charge is 0.338 e. The Balaban J connectivity index is 1.79. The molecule has 30 heavy (non-hydrogen) atoms. The van der Waals surface area contributed by atoms with Crippen LogP contribution < -0.4 is 0 Å². The van der Waals surface area contributed by atoms with Crippen LogP contribution in [0, 0.1) is 0 Å². The molecule has 1 aromatic rings. The van der Waals surface area contributed by atoms with E-state index in [9.17, 15) is 18.0 Å². The number of esters is 2. The van der Waals surface area contributed by atoms with Crippen molar-refractivity contribution in [3.63, 3.8) is 0 Å². The van der Waals surface area contributed by atoms with Gasteiger partial charge in [-0.3, -0.25) is 8.98 Å². The second-order valence-electron chi connectivity index (χ2n) is 7.45. The average Bonchev–Trinajstić information content (AvgIpc) is 3.10. The van der Waals surface area contributed by atoms with E-state index in [1.807, 2.05) is 0 Å². The molecule has 166 valence electrons. The van der Waals surface area contributed by atoms with Gasteiger partial charge in [-0.15, -0.1) is 0 Å². The molecule has 3 rings (SSSR count). The lowest BCUT2D eigenvalue weighted by molar-refractivity contribution is -0.228. The van der Waals surface area contributed by atoms with Gasteiger partial charge in [0.1, 0.15) is 18.8 Å². The van der Waals surface area contributed by atoms with Crippen LogP contribution in [0.3, 0.4) is 0 Å². The largest absolute Gasteiger partial charge is 0.459 e. The molecule has 1 unspecified atom stereocenters. The minimum Gasteiger partial charge on any atom is -0.459 e. The molecule has 0 aromatic heterocycles. The van der Waals surface area contributed by atoms with Gasteiger partial charge in [-0.05, 0) is 26.0 Å². The Morgan fingerprint density at radius 1 is 1.17 bits per heavy atom. The van der Waals surface area contributed by atoms with Gasteiger partial charge in [0.05, 0.1) is 11.8 Å². The highest BCUT2D eigenvalue weighted by molar-refractivity contribution is 7.86. The molecular formula is C19H24O10S. The highest BCUT2D eigenvalue weighted by Gasteiger charge is 2.59. The summed E-state index contributed by atoms with van der Waals surface area (Å²) in [5, 5.41) is 0. The fourth-order valence-corrected chi connectivity index (χ4v) is 3.96. The predicted molar refractivity (Wildman–Crippen MR) is 101 cm³/mol. The lowest BCUT2D eigenvalue weighted by Crippen LogP contribution is -2.47. The summed E-state index contributed by atoms with van der Waals surface area (Å²) in [7, 11) is -3.97. The zero-order valence-corrected chi connectivity index (χ0v) is 17.8. The maximum Gasteiger partial charge on any atom is 0.338 e. The van der Waals surface area contributed by atoms with Crippen LogP contribution in [-0.4, -0.2) is 69.7 Å². The lowest BCUT2D eigenvalue weighted by Gasteiger charge is -2.29. The van der Waals surface area contributed by atoms with E-state index >= 15 is 0 Å². The van der Waals surface area contributed by atoms with Gasteiger partial charge < -0.3 is 23.7 Å². The maximum absolute atomic E-state index is 12.3. The van der Waals surface area contributed by atoms with Gasteiger partial charge in [0, 0.05) is 6.92 Å². The van der Waals surface area contributed by atoms with Crippen molar-refractivity contribution in [3.05, 3.63) is 35.9 Å². The maximum atomic E-state index is 12.3. The standard InChI is InChI=1S/C19H24O10S/c1-11(20)25-15-14(26-18-16(15)27-19(2,3)28-18)13(29-30(4,22)23)10-24-17(21)12-8-6-5-7-9-12/h5-9,13-16,18H,10H2,1-4H3/t13-,14?,15-,16+,18+/m0/s1. The molecular weight excluding hydrogens is 420 g/mol. The normalized spacial score (nSPS) is 28.5. The van der Waals surface area contributed by atoms with Crippen LogP contribution in [0.1, 0.15) is 31.1 Å². The van der Waals surface area contributed by atoms with Gasteiger partial charge in [0.15, 0.2) is 24.3 Å². The number of fused-ring (bicyclic) bond motifs is 1. The van der Waals surface area contributed by atoms with Crippen LogP contribution in [0.4, 0.5) is 0 Å². The fourth-order valence-electron chi connectivity index (χ4n) is 3.35. The van der Waals surface area contributed by atoms with E-state index in [1.165, 1.54) is 6.92 Å². The summed E-state index contributed by atoms with van der Waals surface area (Å²) in [6.07, 6.45) is -4.30. The van der Waals surface area contributed by atoms with Gasteiger partial charge in [-0.1, -0.05) is 18.2 Å². The lowest BCUT2D eigenvalue weighted by atomic mass is 10.1. The SMILES string of the molecule is CC(=O)O[C@H]1C([C@H](COC(=O)c2ccccc2)OS(C)(=O)=O)O[C@@H]2OC(C)(C)O[C@@H]21. The molecule has 0 bridgehead atoms. The molecule has 2 aliphatic rings. The third-order valence-corrected chi connectivity index (χ3v) is 4.98. The van der Waals surface area contributed by atoms with Gasteiger partial charge in [0.2, 0.25) is 0 Å². The van der Waals surface area contributed by atoms with Crippen molar-refractivity contribution in [1.29, 1.82) is 0 Å². The molecule has 0 aliphatic carbocycles. The number of carbonyl (C=O) groups is 2. The minimum atomic E-state index is -3.97. The molecule has 5 atom stereocenters. The quantitative estimate of drug-likeness (QED) is 0.444. The van der Waals surface area contributed by atoms with Crippen molar-refractivity contribution in [2.45, 2.75) is 57.3 Å². The fraction of sp³-hybridized carbons (Fsp3) is 0.579. The number of hydrogen-bond acceptors (Lipinski definition) is 10. The molecule has 0 amide bonds. The first-order chi connectivity index (χ1) is 14.0. The van der Waals surface area contributed by atoms with Crippen molar-refractivity contribution < 1.29 is 45.9 Å². The summed E-state index contributed by atoms with van der Waals surface area (Å²) >= 11 is 0. The van der Waals surface area contributed by atoms with Gasteiger partial charge in [-0.2, -0.15) is 8.42 Å². The van der Waals surface area contributed by atoms with Crippen LogP contribution in [0.5, 0.6) is 0 Å². The van der Waals surface area contributed by atoms with Gasteiger partial charge in [0.25, 0.3) is 10.1 Å². The molecule has 0 N–H and O–H groups in total. The van der Waals surface area contributed by atoms with Gasteiger partial charge in [-0.25, -0.2) is 4.79 Å². The van der Waals surface area contributed by atoms with E-state index < -0.39 is 65.2 Å². The highest BCUT2D eigenvalue weighted by Crippen LogP contribution is 2.40. The van der Waals surface area contributed by atoms with E-state index in [2.05, 4.69) is 0 Å². The summed E-state index contributed by atoms with van der Waals surface area (Å²) in [5.74, 6) is -2.28. The molecule has 0 radical (unpaired) electrons. The topological polar surface area (TPSA) is 124 Å². The molecule has 2 fully saturated rings. The Labute approximate surface area is 174 Å². The second-order valence-corrected chi connectivity index (χ2v) is 9.05. The van der Waals surface area contributed by atoms with Crippen LogP contribution in [0.2, 0.25) is 0 Å². The molecule has 2 aliphatic heterocycles. The summed E-state index contributed by atoms with van der Waals surface area (Å²) in [5.41, 5.74) is 0.282. The minimum absolute atomic E-state index is 0.282. The van der Waals surface area contributed by atoms with E-state index in [4.69, 9.17) is 27.9 Å². The third-order valence-electron chi connectivity index (χ3n) is 4.38. The predicted octanol–water partition coefficient (Wildman–Crippen LogP) is 0.996. The van der Waals surface area contributed by atoms with Crippen molar-refractivity contribution in [2.75, 3.05) is 12.9 Å². The Kier molecular flexibility index (Phi) is 6.48. The number of benzene rings is 1. The Morgan fingerprint density at radius 3 is 2.43 bits per heavy atom. The van der Waals surface area contributed by atoms with Crippen molar-refractivity contribution in [1.82, 2.24) is 0 Å². The molecule has 2 heterocycles. The first kappa shape index (κ1) is 22.6. The van der Waals surface area contributed by atoms with E-state index in [0.717, 1.165) is 6.26 Å². The first-order valence-corrected chi connectivity index (χ1v) is 11.1. The number of hydrogen-bond donors (Lipinski definition) is 0. The van der Waals surface area contributed by atoms with Crippen molar-refractivity contribution in [2.24, 2.45) is 0 Å². The molecule has 0 saturated carbocycles. The molecule has 11 heteroatoms. The average molecular weight is 444 g/mol. The third kappa shape index (κ3) is 5.55. The zero-order chi connectivity index (χ0) is 22.1. The van der Waals surface area contributed by atoms with Crippen molar-refractivity contribution in [3.8, 4) is 0 Å². The number of ether oxygens (including phenoxy) is 5. The zero-order valence-electron chi connectivity index (χ0n) is 17.0. The van der Waals surface area contributed by atoms with E-state index in [0.29, 0.717) is 0 Å². The van der Waals surface area contributed by atoms with Gasteiger partial charge >= 0.3 is 11.9 Å². The Morgan fingerprint density at radius 2 is 1.83 bits per heavy atom. The van der Waals surface area contributed by atoms with Crippen LogP contribution in [0.15, 0.2) is 30.3 Å². The second kappa shape index (κ2) is 8.60.